The molecule has 170 valence electrons. The smallest absolute Gasteiger partial charge is 0.261 e. The maximum Gasteiger partial charge on any atom is 0.261 e. The first kappa shape index (κ1) is 22.7. The van der Waals surface area contributed by atoms with Gasteiger partial charge >= 0.3 is 0 Å². The summed E-state index contributed by atoms with van der Waals surface area (Å²) < 4.78 is 20.8. The number of halogens is 1. The van der Waals surface area contributed by atoms with E-state index in [1.54, 1.807) is 16.7 Å². The Hall–Kier alpha value is -3.51. The van der Waals surface area contributed by atoms with Crippen LogP contribution in [0.25, 0.3) is 10.9 Å². The number of nitrogens with zero attached hydrogens (tertiary/aromatic N) is 3. The second-order valence-electron chi connectivity index (χ2n) is 8.07. The number of anilines is 2. The van der Waals surface area contributed by atoms with Gasteiger partial charge < -0.3 is 9.64 Å². The molecule has 0 saturated carbocycles. The lowest BCUT2D eigenvalue weighted by Crippen LogP contribution is -2.32. The van der Waals surface area contributed by atoms with Crippen molar-refractivity contribution in [3.63, 3.8) is 0 Å². The standard InChI is InChI=1S/C27H28FN3O2/c1-4-33-18-24(16-20-8-6-5-7-9-20)31-19(2)29-26-15-14-23(17-25(26)27(31)32)30(3)22-12-10-21(28)11-13-22/h5-15,17,24H,4,16,18H2,1-3H3/t24-/m0/s1. The first-order chi connectivity index (χ1) is 16.0. The van der Waals surface area contributed by atoms with E-state index in [1.807, 2.05) is 62.2 Å². The number of rotatable bonds is 8. The lowest BCUT2D eigenvalue weighted by Gasteiger charge is -2.23. The largest absolute Gasteiger partial charge is 0.380 e. The fourth-order valence-electron chi connectivity index (χ4n) is 4.11. The van der Waals surface area contributed by atoms with Crippen molar-refractivity contribution in [1.29, 1.82) is 0 Å². The summed E-state index contributed by atoms with van der Waals surface area (Å²) in [6.07, 6.45) is 0.671. The molecular formula is C27H28FN3O2. The minimum Gasteiger partial charge on any atom is -0.380 e. The Morgan fingerprint density at radius 2 is 1.73 bits per heavy atom. The normalized spacial score (nSPS) is 12.1. The van der Waals surface area contributed by atoms with E-state index in [0.717, 1.165) is 16.9 Å². The van der Waals surface area contributed by atoms with Crippen molar-refractivity contribution in [1.82, 2.24) is 9.55 Å². The van der Waals surface area contributed by atoms with Gasteiger partial charge in [0.25, 0.3) is 5.56 Å². The predicted octanol–water partition coefficient (Wildman–Crippen LogP) is 5.43. The van der Waals surface area contributed by atoms with Gasteiger partial charge in [-0.2, -0.15) is 0 Å². The monoisotopic (exact) mass is 445 g/mol. The molecule has 1 atom stereocenters. The van der Waals surface area contributed by atoms with Gasteiger partial charge in [-0.25, -0.2) is 9.37 Å². The van der Waals surface area contributed by atoms with Gasteiger partial charge in [0.15, 0.2) is 0 Å². The van der Waals surface area contributed by atoms with E-state index in [1.165, 1.54) is 12.1 Å². The highest BCUT2D eigenvalue weighted by atomic mass is 19.1. The second-order valence-corrected chi connectivity index (χ2v) is 8.07. The molecule has 0 unspecified atom stereocenters. The van der Waals surface area contributed by atoms with E-state index in [9.17, 15) is 9.18 Å². The van der Waals surface area contributed by atoms with Gasteiger partial charge in [0, 0.05) is 25.0 Å². The molecule has 0 spiro atoms. The molecule has 33 heavy (non-hydrogen) atoms. The quantitative estimate of drug-likeness (QED) is 0.363. The molecule has 5 nitrogen and oxygen atoms in total. The number of benzene rings is 3. The molecule has 0 saturated heterocycles. The van der Waals surface area contributed by atoms with Crippen LogP contribution in [0.4, 0.5) is 15.8 Å². The van der Waals surface area contributed by atoms with Crippen molar-refractivity contribution >= 4 is 22.3 Å². The molecule has 0 fully saturated rings. The minimum atomic E-state index is -0.285. The first-order valence-electron chi connectivity index (χ1n) is 11.1. The van der Waals surface area contributed by atoms with E-state index >= 15 is 0 Å². The Balaban J connectivity index is 1.77. The number of aryl methyl sites for hydroxylation is 1. The maximum absolute atomic E-state index is 13.7. The van der Waals surface area contributed by atoms with Crippen molar-refractivity contribution in [3.05, 3.63) is 100 Å². The minimum absolute atomic E-state index is 0.0903. The summed E-state index contributed by atoms with van der Waals surface area (Å²) in [5, 5.41) is 0.543. The van der Waals surface area contributed by atoms with E-state index in [4.69, 9.17) is 9.72 Å². The molecule has 0 amide bonds. The van der Waals surface area contributed by atoms with Crippen LogP contribution in [0.2, 0.25) is 0 Å². The summed E-state index contributed by atoms with van der Waals surface area (Å²) in [6.45, 7) is 4.82. The van der Waals surface area contributed by atoms with E-state index < -0.39 is 0 Å². The highest BCUT2D eigenvalue weighted by Gasteiger charge is 2.19. The Bertz CT molecular complexity index is 1290. The van der Waals surface area contributed by atoms with Crippen LogP contribution < -0.4 is 10.5 Å². The fourth-order valence-corrected chi connectivity index (χ4v) is 4.11. The molecule has 0 aliphatic heterocycles. The van der Waals surface area contributed by atoms with Crippen molar-refractivity contribution in [2.24, 2.45) is 0 Å². The third kappa shape index (κ3) is 4.96. The van der Waals surface area contributed by atoms with Crippen molar-refractivity contribution < 1.29 is 9.13 Å². The van der Waals surface area contributed by atoms with Crippen LogP contribution in [-0.4, -0.2) is 29.8 Å². The Kier molecular flexibility index (Phi) is 6.84. The Morgan fingerprint density at radius 3 is 2.42 bits per heavy atom. The van der Waals surface area contributed by atoms with Crippen LogP contribution in [0.3, 0.4) is 0 Å². The molecular weight excluding hydrogens is 417 g/mol. The molecule has 6 heteroatoms. The van der Waals surface area contributed by atoms with E-state index in [2.05, 4.69) is 12.1 Å². The highest BCUT2D eigenvalue weighted by molar-refractivity contribution is 5.83. The van der Waals surface area contributed by atoms with Crippen LogP contribution in [0.1, 0.15) is 24.4 Å². The number of hydrogen-bond acceptors (Lipinski definition) is 4. The summed E-state index contributed by atoms with van der Waals surface area (Å²) in [6, 6.07) is 21.8. The van der Waals surface area contributed by atoms with Gasteiger partial charge in [-0.05, 0) is 68.3 Å². The van der Waals surface area contributed by atoms with Gasteiger partial charge in [0.05, 0.1) is 23.6 Å². The highest BCUT2D eigenvalue weighted by Crippen LogP contribution is 2.26. The molecule has 0 aliphatic rings. The topological polar surface area (TPSA) is 47.4 Å². The predicted molar refractivity (Wildman–Crippen MR) is 131 cm³/mol. The molecule has 4 aromatic rings. The van der Waals surface area contributed by atoms with Crippen LogP contribution in [0, 0.1) is 12.7 Å². The zero-order valence-corrected chi connectivity index (χ0v) is 19.2. The average molecular weight is 446 g/mol. The Labute approximate surface area is 193 Å². The summed E-state index contributed by atoms with van der Waals surface area (Å²) in [7, 11) is 1.89. The van der Waals surface area contributed by atoms with Gasteiger partial charge in [0.2, 0.25) is 0 Å². The zero-order valence-electron chi connectivity index (χ0n) is 19.2. The molecule has 0 aliphatic carbocycles. The van der Waals surface area contributed by atoms with Crippen LogP contribution in [0.5, 0.6) is 0 Å². The van der Waals surface area contributed by atoms with Gasteiger partial charge in [-0.15, -0.1) is 0 Å². The third-order valence-electron chi connectivity index (χ3n) is 5.86. The second kappa shape index (κ2) is 9.96. The molecule has 3 aromatic carbocycles. The number of hydrogen-bond donors (Lipinski definition) is 0. The maximum atomic E-state index is 13.7. The molecule has 0 radical (unpaired) electrons. The zero-order chi connectivity index (χ0) is 23.4. The number of fused-ring (bicyclic) bond motifs is 1. The van der Waals surface area contributed by atoms with Crippen molar-refractivity contribution in [2.45, 2.75) is 26.3 Å². The molecule has 4 rings (SSSR count). The third-order valence-corrected chi connectivity index (χ3v) is 5.86. The summed E-state index contributed by atoms with van der Waals surface area (Å²) in [4.78, 5) is 20.4. The van der Waals surface area contributed by atoms with Crippen molar-refractivity contribution in [2.75, 3.05) is 25.2 Å². The Morgan fingerprint density at radius 1 is 1.03 bits per heavy atom. The summed E-state index contributed by atoms with van der Waals surface area (Å²) in [5.74, 6) is 0.375. The van der Waals surface area contributed by atoms with Gasteiger partial charge in [0.1, 0.15) is 11.6 Å². The van der Waals surface area contributed by atoms with E-state index in [0.29, 0.717) is 36.4 Å². The number of aromatic nitrogens is 2. The number of ether oxygens (including phenoxy) is 1. The molecule has 0 bridgehead atoms. The van der Waals surface area contributed by atoms with Crippen LogP contribution >= 0.6 is 0 Å². The van der Waals surface area contributed by atoms with Gasteiger partial charge in [-0.3, -0.25) is 9.36 Å². The molecule has 1 heterocycles. The first-order valence-corrected chi connectivity index (χ1v) is 11.1. The lowest BCUT2D eigenvalue weighted by molar-refractivity contribution is 0.111. The van der Waals surface area contributed by atoms with Crippen LogP contribution in [0.15, 0.2) is 77.6 Å². The molecule has 1 aromatic heterocycles. The SMILES string of the molecule is CCOC[C@H](Cc1ccccc1)n1c(C)nc2ccc(N(C)c3ccc(F)cc3)cc2c1=O. The van der Waals surface area contributed by atoms with Crippen molar-refractivity contribution in [3.8, 4) is 0 Å². The lowest BCUT2D eigenvalue weighted by atomic mass is 10.1. The average Bonchev–Trinajstić information content (AvgIpc) is 2.83. The van der Waals surface area contributed by atoms with E-state index in [-0.39, 0.29) is 17.4 Å². The molecule has 0 N–H and O–H groups in total. The van der Waals surface area contributed by atoms with Gasteiger partial charge in [-0.1, -0.05) is 30.3 Å². The fraction of sp³-hybridized carbons (Fsp3) is 0.259. The van der Waals surface area contributed by atoms with Crippen LogP contribution in [-0.2, 0) is 11.2 Å². The summed E-state index contributed by atoms with van der Waals surface area (Å²) in [5.41, 5.74) is 3.35. The summed E-state index contributed by atoms with van der Waals surface area (Å²) >= 11 is 0.